The van der Waals surface area contributed by atoms with Crippen LogP contribution < -0.4 is 9.80 Å². The van der Waals surface area contributed by atoms with Crippen LogP contribution in [-0.4, -0.2) is 42.9 Å². The van der Waals surface area contributed by atoms with Crippen molar-refractivity contribution in [3.05, 3.63) is 65.9 Å². The van der Waals surface area contributed by atoms with Gasteiger partial charge in [0.1, 0.15) is 5.70 Å². The van der Waals surface area contributed by atoms with Crippen LogP contribution in [0, 0.1) is 5.92 Å². The first-order chi connectivity index (χ1) is 15.0. The standard InChI is InChI=1S/C26H31N3O2/c1-4-27(5-2)21-11-13-22(14-12-21)29-25(30)23(20-9-7-6-8-10-20)24(26(29)31)28-17-15-19(3)16-18-28/h6-14,19H,4-5,15-18H2,1-3H3. The van der Waals surface area contributed by atoms with Crippen LogP contribution >= 0.6 is 0 Å². The maximum atomic E-state index is 13.6. The topological polar surface area (TPSA) is 43.9 Å². The summed E-state index contributed by atoms with van der Waals surface area (Å²) in [7, 11) is 0. The molecule has 1 fully saturated rings. The predicted octanol–water partition coefficient (Wildman–Crippen LogP) is 4.55. The van der Waals surface area contributed by atoms with Crippen molar-refractivity contribution in [3.63, 3.8) is 0 Å². The highest BCUT2D eigenvalue weighted by atomic mass is 16.2. The van der Waals surface area contributed by atoms with Crippen molar-refractivity contribution in [2.75, 3.05) is 36.0 Å². The molecule has 0 radical (unpaired) electrons. The third-order valence-electron chi connectivity index (χ3n) is 6.46. The lowest BCUT2D eigenvalue weighted by Crippen LogP contribution is -2.38. The first-order valence-electron chi connectivity index (χ1n) is 11.3. The van der Waals surface area contributed by atoms with Gasteiger partial charge >= 0.3 is 0 Å². The molecule has 2 aliphatic heterocycles. The van der Waals surface area contributed by atoms with E-state index in [9.17, 15) is 9.59 Å². The maximum absolute atomic E-state index is 13.6. The van der Waals surface area contributed by atoms with E-state index in [4.69, 9.17) is 0 Å². The quantitative estimate of drug-likeness (QED) is 0.647. The van der Waals surface area contributed by atoms with E-state index >= 15 is 0 Å². The number of likely N-dealkylation sites (tertiary alicyclic amines) is 1. The van der Waals surface area contributed by atoms with Gasteiger partial charge in [0.25, 0.3) is 11.8 Å². The fraction of sp³-hybridized carbons (Fsp3) is 0.385. The van der Waals surface area contributed by atoms with Crippen LogP contribution in [0.4, 0.5) is 11.4 Å². The summed E-state index contributed by atoms with van der Waals surface area (Å²) in [5, 5.41) is 0. The molecular formula is C26H31N3O2. The lowest BCUT2D eigenvalue weighted by Gasteiger charge is -2.32. The molecule has 162 valence electrons. The number of benzene rings is 2. The molecule has 0 atom stereocenters. The zero-order chi connectivity index (χ0) is 22.0. The lowest BCUT2D eigenvalue weighted by molar-refractivity contribution is -0.120. The molecule has 0 spiro atoms. The number of carbonyl (C=O) groups is 2. The number of anilines is 2. The SMILES string of the molecule is CCN(CC)c1ccc(N2C(=O)C(c3ccccc3)=C(N3CCC(C)CC3)C2=O)cc1. The molecule has 5 heteroatoms. The monoisotopic (exact) mass is 417 g/mol. The minimum atomic E-state index is -0.236. The molecule has 0 bridgehead atoms. The fourth-order valence-corrected chi connectivity index (χ4v) is 4.54. The summed E-state index contributed by atoms with van der Waals surface area (Å²) in [6, 6.07) is 17.3. The Morgan fingerprint density at radius 3 is 2.06 bits per heavy atom. The molecule has 0 saturated carbocycles. The van der Waals surface area contributed by atoms with Gasteiger partial charge in [0.05, 0.1) is 11.3 Å². The van der Waals surface area contributed by atoms with Crippen molar-refractivity contribution in [1.29, 1.82) is 0 Å². The van der Waals surface area contributed by atoms with Crippen LogP contribution in [0.15, 0.2) is 60.3 Å². The Bertz CT molecular complexity index is 969. The van der Waals surface area contributed by atoms with Crippen molar-refractivity contribution in [3.8, 4) is 0 Å². The zero-order valence-electron chi connectivity index (χ0n) is 18.7. The summed E-state index contributed by atoms with van der Waals surface area (Å²) < 4.78 is 0. The van der Waals surface area contributed by atoms with Gasteiger partial charge in [-0.1, -0.05) is 37.3 Å². The highest BCUT2D eigenvalue weighted by Crippen LogP contribution is 2.36. The van der Waals surface area contributed by atoms with E-state index in [2.05, 4.69) is 30.6 Å². The summed E-state index contributed by atoms with van der Waals surface area (Å²) in [5.41, 5.74) is 3.59. The van der Waals surface area contributed by atoms with Crippen LogP contribution in [0.2, 0.25) is 0 Å². The molecule has 2 aromatic carbocycles. The van der Waals surface area contributed by atoms with Gasteiger partial charge < -0.3 is 9.80 Å². The number of nitrogens with zero attached hydrogens (tertiary/aromatic N) is 3. The van der Waals surface area contributed by atoms with Crippen LogP contribution in [0.3, 0.4) is 0 Å². The van der Waals surface area contributed by atoms with Gasteiger partial charge in [0, 0.05) is 31.9 Å². The second-order valence-corrected chi connectivity index (χ2v) is 8.39. The largest absolute Gasteiger partial charge is 0.372 e. The summed E-state index contributed by atoms with van der Waals surface area (Å²) in [6.45, 7) is 9.92. The number of piperidine rings is 1. The van der Waals surface area contributed by atoms with Crippen molar-refractivity contribution < 1.29 is 9.59 Å². The summed E-state index contributed by atoms with van der Waals surface area (Å²) in [6.07, 6.45) is 2.07. The van der Waals surface area contributed by atoms with E-state index in [1.807, 2.05) is 54.6 Å². The van der Waals surface area contributed by atoms with Crippen molar-refractivity contribution in [2.45, 2.75) is 33.6 Å². The number of carbonyl (C=O) groups excluding carboxylic acids is 2. The number of hydrogen-bond acceptors (Lipinski definition) is 4. The average Bonchev–Trinajstić information content (AvgIpc) is 3.06. The van der Waals surface area contributed by atoms with Gasteiger partial charge in [0.15, 0.2) is 0 Å². The molecule has 4 rings (SSSR count). The molecule has 2 aromatic rings. The third-order valence-corrected chi connectivity index (χ3v) is 6.46. The maximum Gasteiger partial charge on any atom is 0.282 e. The van der Waals surface area contributed by atoms with E-state index in [1.165, 1.54) is 4.90 Å². The number of hydrogen-bond donors (Lipinski definition) is 0. The van der Waals surface area contributed by atoms with Gasteiger partial charge in [-0.3, -0.25) is 9.59 Å². The Labute approximate surface area is 184 Å². The fourth-order valence-electron chi connectivity index (χ4n) is 4.54. The van der Waals surface area contributed by atoms with Gasteiger partial charge in [-0.15, -0.1) is 0 Å². The van der Waals surface area contributed by atoms with E-state index in [0.29, 0.717) is 22.9 Å². The number of rotatable bonds is 6. The third kappa shape index (κ3) is 3.97. The van der Waals surface area contributed by atoms with Gasteiger partial charge in [-0.05, 0) is 62.4 Å². The van der Waals surface area contributed by atoms with Crippen molar-refractivity contribution in [1.82, 2.24) is 4.90 Å². The molecule has 0 aliphatic carbocycles. The van der Waals surface area contributed by atoms with E-state index in [0.717, 1.165) is 50.3 Å². The molecule has 0 aromatic heterocycles. The molecule has 5 nitrogen and oxygen atoms in total. The molecule has 2 heterocycles. The van der Waals surface area contributed by atoms with Crippen molar-refractivity contribution >= 4 is 28.8 Å². The highest BCUT2D eigenvalue weighted by Gasteiger charge is 2.42. The summed E-state index contributed by atoms with van der Waals surface area (Å²) in [4.78, 5) is 32.9. The first kappa shape index (κ1) is 21.2. The Morgan fingerprint density at radius 2 is 1.48 bits per heavy atom. The Balaban J connectivity index is 1.71. The number of imide groups is 1. The van der Waals surface area contributed by atoms with Crippen LogP contribution in [0.5, 0.6) is 0 Å². The zero-order valence-corrected chi connectivity index (χ0v) is 18.7. The number of amides is 2. The highest BCUT2D eigenvalue weighted by molar-refractivity contribution is 6.45. The van der Waals surface area contributed by atoms with Crippen molar-refractivity contribution in [2.24, 2.45) is 5.92 Å². The Morgan fingerprint density at radius 1 is 0.871 bits per heavy atom. The van der Waals surface area contributed by atoms with Crippen LogP contribution in [-0.2, 0) is 9.59 Å². The molecule has 0 N–H and O–H groups in total. The Hall–Kier alpha value is -3.08. The second kappa shape index (κ2) is 8.96. The molecule has 1 saturated heterocycles. The lowest BCUT2D eigenvalue weighted by atomic mass is 9.97. The average molecular weight is 418 g/mol. The van der Waals surface area contributed by atoms with Gasteiger partial charge in [0.2, 0.25) is 0 Å². The van der Waals surface area contributed by atoms with Crippen LogP contribution in [0.1, 0.15) is 39.2 Å². The molecule has 2 amide bonds. The predicted molar refractivity (Wildman–Crippen MR) is 126 cm³/mol. The molecule has 2 aliphatic rings. The van der Waals surface area contributed by atoms with E-state index < -0.39 is 0 Å². The summed E-state index contributed by atoms with van der Waals surface area (Å²) in [5.74, 6) is 0.197. The first-order valence-corrected chi connectivity index (χ1v) is 11.3. The Kier molecular flexibility index (Phi) is 6.12. The molecular weight excluding hydrogens is 386 g/mol. The normalized spacial score (nSPS) is 17.6. The van der Waals surface area contributed by atoms with E-state index in [-0.39, 0.29) is 11.8 Å². The molecule has 0 unspecified atom stereocenters. The minimum absolute atomic E-state index is 0.214. The molecule has 31 heavy (non-hydrogen) atoms. The minimum Gasteiger partial charge on any atom is -0.372 e. The van der Waals surface area contributed by atoms with Gasteiger partial charge in [-0.2, -0.15) is 0 Å². The second-order valence-electron chi connectivity index (χ2n) is 8.39. The van der Waals surface area contributed by atoms with E-state index in [1.54, 1.807) is 0 Å². The van der Waals surface area contributed by atoms with Gasteiger partial charge in [-0.25, -0.2) is 4.90 Å². The van der Waals surface area contributed by atoms with Crippen LogP contribution in [0.25, 0.3) is 5.57 Å². The smallest absolute Gasteiger partial charge is 0.282 e. The summed E-state index contributed by atoms with van der Waals surface area (Å²) >= 11 is 0.